The number of pyridine rings is 1. The smallest absolute Gasteiger partial charge is 0.250 e. The average molecular weight is 213 g/mol. The third-order valence-electron chi connectivity index (χ3n) is 2.87. The molecule has 0 aliphatic carbocycles. The summed E-state index contributed by atoms with van der Waals surface area (Å²) in [4.78, 5) is 11.6. The van der Waals surface area contributed by atoms with Crippen molar-refractivity contribution in [3.05, 3.63) is 69.6 Å². The van der Waals surface area contributed by atoms with Crippen molar-refractivity contribution in [1.29, 1.82) is 0 Å². The third kappa shape index (κ3) is 2.06. The van der Waals surface area contributed by atoms with Crippen molar-refractivity contribution >= 4 is 0 Å². The highest BCUT2D eigenvalue weighted by Crippen LogP contribution is 2.13. The fraction of sp³-hybridized carbons (Fsp3) is 0.214. The van der Waals surface area contributed by atoms with Gasteiger partial charge in [0.15, 0.2) is 0 Å². The average Bonchev–Trinajstić information content (AvgIpc) is 2.26. The molecular weight excluding hydrogens is 198 g/mol. The zero-order valence-corrected chi connectivity index (χ0v) is 9.60. The van der Waals surface area contributed by atoms with Crippen LogP contribution in [0.4, 0.5) is 0 Å². The van der Waals surface area contributed by atoms with Crippen molar-refractivity contribution < 1.29 is 0 Å². The van der Waals surface area contributed by atoms with Crippen molar-refractivity contribution in [2.45, 2.75) is 20.4 Å². The Morgan fingerprint density at radius 2 is 1.69 bits per heavy atom. The first-order valence-corrected chi connectivity index (χ1v) is 5.39. The Morgan fingerprint density at radius 3 is 2.31 bits per heavy atom. The molecule has 2 rings (SSSR count). The third-order valence-corrected chi connectivity index (χ3v) is 2.87. The van der Waals surface area contributed by atoms with E-state index in [2.05, 4.69) is 26.0 Å². The molecule has 0 unspecified atom stereocenters. The second-order valence-corrected chi connectivity index (χ2v) is 4.04. The summed E-state index contributed by atoms with van der Waals surface area (Å²) in [5.74, 6) is 0. The maximum Gasteiger partial charge on any atom is 0.250 e. The molecule has 0 saturated carbocycles. The van der Waals surface area contributed by atoms with Gasteiger partial charge >= 0.3 is 0 Å². The number of hydrogen-bond acceptors (Lipinski definition) is 1. The largest absolute Gasteiger partial charge is 0.311 e. The van der Waals surface area contributed by atoms with Crippen LogP contribution < -0.4 is 5.56 Å². The minimum absolute atomic E-state index is 0.0464. The quantitative estimate of drug-likeness (QED) is 0.751. The van der Waals surface area contributed by atoms with E-state index in [0.717, 1.165) is 0 Å². The van der Waals surface area contributed by atoms with E-state index in [1.54, 1.807) is 16.7 Å². The molecule has 0 radical (unpaired) electrons. The van der Waals surface area contributed by atoms with Crippen LogP contribution in [0.15, 0.2) is 47.4 Å². The molecule has 0 N–H and O–H groups in total. The van der Waals surface area contributed by atoms with Crippen LogP contribution in [0, 0.1) is 13.8 Å². The van der Waals surface area contributed by atoms with Gasteiger partial charge in [0.2, 0.25) is 0 Å². The lowest BCUT2D eigenvalue weighted by Gasteiger charge is -2.11. The van der Waals surface area contributed by atoms with Gasteiger partial charge in [0.1, 0.15) is 0 Å². The lowest BCUT2D eigenvalue weighted by Crippen LogP contribution is -2.19. The topological polar surface area (TPSA) is 22.0 Å². The highest BCUT2D eigenvalue weighted by Gasteiger charge is 2.03. The number of benzene rings is 1. The van der Waals surface area contributed by atoms with Crippen LogP contribution >= 0.6 is 0 Å². The van der Waals surface area contributed by atoms with Gasteiger partial charge in [-0.1, -0.05) is 24.3 Å². The van der Waals surface area contributed by atoms with Crippen LogP contribution in [0.2, 0.25) is 0 Å². The summed E-state index contributed by atoms with van der Waals surface area (Å²) in [6.07, 6.45) is 1.83. The first-order valence-electron chi connectivity index (χ1n) is 5.39. The van der Waals surface area contributed by atoms with Gasteiger partial charge in [0.05, 0.1) is 6.54 Å². The highest BCUT2D eigenvalue weighted by atomic mass is 16.1. The molecule has 1 aromatic heterocycles. The van der Waals surface area contributed by atoms with Crippen molar-refractivity contribution in [1.82, 2.24) is 4.57 Å². The van der Waals surface area contributed by atoms with E-state index in [4.69, 9.17) is 0 Å². The molecule has 0 bridgehead atoms. The predicted molar refractivity (Wildman–Crippen MR) is 65.7 cm³/mol. The highest BCUT2D eigenvalue weighted by molar-refractivity contribution is 5.33. The number of rotatable bonds is 2. The lowest BCUT2D eigenvalue weighted by molar-refractivity contribution is 0.751. The molecule has 2 aromatic rings. The number of aromatic nitrogens is 1. The Labute approximate surface area is 95.2 Å². The van der Waals surface area contributed by atoms with Gasteiger partial charge in [-0.05, 0) is 36.6 Å². The number of nitrogens with zero attached hydrogens (tertiary/aromatic N) is 1. The van der Waals surface area contributed by atoms with Crippen LogP contribution in [-0.2, 0) is 6.54 Å². The maximum atomic E-state index is 11.6. The van der Waals surface area contributed by atoms with Crippen LogP contribution in [0.25, 0.3) is 0 Å². The van der Waals surface area contributed by atoms with Gasteiger partial charge in [-0.15, -0.1) is 0 Å². The minimum Gasteiger partial charge on any atom is -0.311 e. The Morgan fingerprint density at radius 1 is 1.00 bits per heavy atom. The van der Waals surface area contributed by atoms with Crippen LogP contribution in [0.5, 0.6) is 0 Å². The van der Waals surface area contributed by atoms with Gasteiger partial charge < -0.3 is 4.57 Å². The second-order valence-electron chi connectivity index (χ2n) is 4.04. The first-order chi connectivity index (χ1) is 7.68. The van der Waals surface area contributed by atoms with E-state index in [-0.39, 0.29) is 5.56 Å². The summed E-state index contributed by atoms with van der Waals surface area (Å²) in [7, 11) is 0. The van der Waals surface area contributed by atoms with E-state index in [9.17, 15) is 4.79 Å². The van der Waals surface area contributed by atoms with E-state index in [1.165, 1.54) is 16.7 Å². The maximum absolute atomic E-state index is 11.6. The number of hydrogen-bond donors (Lipinski definition) is 0. The molecule has 1 aromatic carbocycles. The SMILES string of the molecule is Cc1cccc(C)c1Cn1ccccc1=O. The molecule has 0 amide bonds. The molecule has 0 atom stereocenters. The summed E-state index contributed by atoms with van der Waals surface area (Å²) >= 11 is 0. The van der Waals surface area contributed by atoms with Gasteiger partial charge in [-0.2, -0.15) is 0 Å². The zero-order chi connectivity index (χ0) is 11.5. The van der Waals surface area contributed by atoms with Gasteiger partial charge in [0.25, 0.3) is 5.56 Å². The molecular formula is C14H15NO. The summed E-state index contributed by atoms with van der Waals surface area (Å²) in [6, 6.07) is 11.4. The zero-order valence-electron chi connectivity index (χ0n) is 9.60. The molecule has 1 heterocycles. The molecule has 0 saturated heterocycles. The normalized spacial score (nSPS) is 10.4. The molecule has 0 aliphatic rings. The fourth-order valence-electron chi connectivity index (χ4n) is 1.86. The number of aryl methyl sites for hydroxylation is 2. The van der Waals surface area contributed by atoms with E-state index < -0.39 is 0 Å². The second kappa shape index (κ2) is 4.35. The molecule has 2 heteroatoms. The first kappa shape index (κ1) is 10.7. The molecule has 0 aliphatic heterocycles. The van der Waals surface area contributed by atoms with Crippen LogP contribution in [0.3, 0.4) is 0 Å². The molecule has 82 valence electrons. The van der Waals surface area contributed by atoms with Gasteiger partial charge in [0, 0.05) is 12.3 Å². The standard InChI is InChI=1S/C14H15NO/c1-11-6-5-7-12(2)13(11)10-15-9-4-3-8-14(15)16/h3-9H,10H2,1-2H3. The van der Waals surface area contributed by atoms with Crippen molar-refractivity contribution in [3.63, 3.8) is 0 Å². The minimum atomic E-state index is 0.0464. The predicted octanol–water partition coefficient (Wildman–Crippen LogP) is 2.51. The molecule has 0 fully saturated rings. The molecule has 0 spiro atoms. The van der Waals surface area contributed by atoms with Crippen LogP contribution in [0.1, 0.15) is 16.7 Å². The Bertz CT molecular complexity index is 534. The summed E-state index contributed by atoms with van der Waals surface area (Å²) in [5.41, 5.74) is 3.74. The Hall–Kier alpha value is -1.83. The van der Waals surface area contributed by atoms with Crippen molar-refractivity contribution in [3.8, 4) is 0 Å². The van der Waals surface area contributed by atoms with Gasteiger partial charge in [-0.3, -0.25) is 4.79 Å². The summed E-state index contributed by atoms with van der Waals surface area (Å²) < 4.78 is 1.73. The van der Waals surface area contributed by atoms with Gasteiger partial charge in [-0.25, -0.2) is 0 Å². The molecule has 2 nitrogen and oxygen atoms in total. The van der Waals surface area contributed by atoms with E-state index in [0.29, 0.717) is 6.54 Å². The molecule has 16 heavy (non-hydrogen) atoms. The fourth-order valence-corrected chi connectivity index (χ4v) is 1.86. The lowest BCUT2D eigenvalue weighted by atomic mass is 10.0. The summed E-state index contributed by atoms with van der Waals surface area (Å²) in [5, 5.41) is 0. The van der Waals surface area contributed by atoms with E-state index >= 15 is 0 Å². The Kier molecular flexibility index (Phi) is 2.91. The van der Waals surface area contributed by atoms with Crippen molar-refractivity contribution in [2.75, 3.05) is 0 Å². The Balaban J connectivity index is 2.42. The monoisotopic (exact) mass is 213 g/mol. The van der Waals surface area contributed by atoms with E-state index in [1.807, 2.05) is 18.3 Å². The van der Waals surface area contributed by atoms with Crippen molar-refractivity contribution in [2.24, 2.45) is 0 Å². The van der Waals surface area contributed by atoms with Crippen LogP contribution in [-0.4, -0.2) is 4.57 Å². The summed E-state index contributed by atoms with van der Waals surface area (Å²) in [6.45, 7) is 4.81.